The number of H-pyrrole nitrogens is 1. The van der Waals surface area contributed by atoms with Crippen molar-refractivity contribution in [1.82, 2.24) is 9.88 Å². The summed E-state index contributed by atoms with van der Waals surface area (Å²) in [6.07, 6.45) is 1.83. The first kappa shape index (κ1) is 21.5. The maximum Gasteiger partial charge on any atom is 0.262 e. The Balaban J connectivity index is 2.04. The number of carbonyl (C=O) groups excluding carboxylic acids is 1. The number of carbonyl (C=O) groups is 1. The Morgan fingerprint density at radius 3 is 2.41 bits per heavy atom. The molecule has 152 valence electrons. The van der Waals surface area contributed by atoms with E-state index in [1.807, 2.05) is 47.4 Å². The van der Waals surface area contributed by atoms with Crippen LogP contribution < -0.4 is 5.56 Å². The standard InChI is InChI=1S/C23H25ClN2O2S/c1-3-12-26(13-4-2)20(27)15-29-22-21(16-8-6-5-7-9-16)18-14-17(24)10-11-19(18)25-23(22)28/h5-11,14H,3-4,12-13,15H2,1-2H3,(H,25,28). The lowest BCUT2D eigenvalue weighted by Crippen LogP contribution is -2.34. The van der Waals surface area contributed by atoms with Gasteiger partial charge in [0.15, 0.2) is 0 Å². The average molecular weight is 429 g/mol. The Bertz CT molecular complexity index is 1040. The molecule has 0 unspecified atom stereocenters. The Morgan fingerprint density at radius 1 is 1.07 bits per heavy atom. The molecule has 4 nitrogen and oxygen atoms in total. The second kappa shape index (κ2) is 9.99. The second-order valence-corrected chi connectivity index (χ2v) is 8.31. The fraction of sp³-hybridized carbons (Fsp3) is 0.304. The number of pyridine rings is 1. The van der Waals surface area contributed by atoms with Crippen LogP contribution in [0.15, 0.2) is 58.2 Å². The van der Waals surface area contributed by atoms with Gasteiger partial charge in [-0.1, -0.05) is 55.8 Å². The van der Waals surface area contributed by atoms with Crippen molar-refractivity contribution in [1.29, 1.82) is 0 Å². The predicted octanol–water partition coefficient (Wildman–Crippen LogP) is 5.59. The molecule has 0 aliphatic rings. The molecule has 0 saturated carbocycles. The quantitative estimate of drug-likeness (QED) is 0.476. The molecule has 0 saturated heterocycles. The largest absolute Gasteiger partial charge is 0.342 e. The van der Waals surface area contributed by atoms with E-state index >= 15 is 0 Å². The number of hydrogen-bond acceptors (Lipinski definition) is 3. The maximum absolute atomic E-state index is 12.9. The summed E-state index contributed by atoms with van der Waals surface area (Å²) in [5, 5.41) is 1.48. The Hall–Kier alpha value is -2.24. The molecular weight excluding hydrogens is 404 g/mol. The number of nitrogens with one attached hydrogen (secondary N) is 1. The molecule has 0 spiro atoms. The van der Waals surface area contributed by atoms with Crippen molar-refractivity contribution in [3.05, 3.63) is 63.9 Å². The van der Waals surface area contributed by atoms with Gasteiger partial charge in [-0.25, -0.2) is 0 Å². The minimum absolute atomic E-state index is 0.0586. The molecule has 0 fully saturated rings. The first-order chi connectivity index (χ1) is 14.0. The minimum atomic E-state index is -0.186. The maximum atomic E-state index is 12.9. The third kappa shape index (κ3) is 5.03. The zero-order chi connectivity index (χ0) is 20.8. The van der Waals surface area contributed by atoms with Gasteiger partial charge in [0.05, 0.1) is 10.6 Å². The number of fused-ring (bicyclic) bond motifs is 1. The highest BCUT2D eigenvalue weighted by atomic mass is 35.5. The molecule has 1 amide bonds. The Kier molecular flexibility index (Phi) is 7.40. The number of benzene rings is 2. The predicted molar refractivity (Wildman–Crippen MR) is 123 cm³/mol. The lowest BCUT2D eigenvalue weighted by atomic mass is 10.0. The van der Waals surface area contributed by atoms with E-state index < -0.39 is 0 Å². The lowest BCUT2D eigenvalue weighted by molar-refractivity contribution is -0.128. The number of rotatable bonds is 8. The van der Waals surface area contributed by atoms with Crippen LogP contribution in [0.25, 0.3) is 22.0 Å². The highest BCUT2D eigenvalue weighted by molar-refractivity contribution is 8.00. The van der Waals surface area contributed by atoms with Crippen LogP contribution >= 0.6 is 23.4 Å². The number of halogens is 1. The monoisotopic (exact) mass is 428 g/mol. The summed E-state index contributed by atoms with van der Waals surface area (Å²) in [5.41, 5.74) is 2.29. The summed E-state index contributed by atoms with van der Waals surface area (Å²) in [6.45, 7) is 5.60. The number of aromatic nitrogens is 1. The van der Waals surface area contributed by atoms with E-state index in [1.165, 1.54) is 11.8 Å². The van der Waals surface area contributed by atoms with Crippen molar-refractivity contribution < 1.29 is 4.79 Å². The third-order valence-electron chi connectivity index (χ3n) is 4.67. The Labute approximate surface area is 180 Å². The van der Waals surface area contributed by atoms with Crippen LogP contribution in [0.4, 0.5) is 0 Å². The van der Waals surface area contributed by atoms with Crippen molar-refractivity contribution in [3.63, 3.8) is 0 Å². The first-order valence-electron chi connectivity index (χ1n) is 9.86. The molecule has 3 aromatic rings. The van der Waals surface area contributed by atoms with Gasteiger partial charge in [0.2, 0.25) is 5.91 Å². The highest BCUT2D eigenvalue weighted by Crippen LogP contribution is 2.35. The van der Waals surface area contributed by atoms with E-state index in [9.17, 15) is 9.59 Å². The number of thioether (sulfide) groups is 1. The summed E-state index contributed by atoms with van der Waals surface area (Å²) < 4.78 is 0. The van der Waals surface area contributed by atoms with Gasteiger partial charge in [0, 0.05) is 34.6 Å². The lowest BCUT2D eigenvalue weighted by Gasteiger charge is -2.21. The molecule has 29 heavy (non-hydrogen) atoms. The van der Waals surface area contributed by atoms with Gasteiger partial charge in [-0.05, 0) is 36.6 Å². The zero-order valence-corrected chi connectivity index (χ0v) is 18.3. The van der Waals surface area contributed by atoms with Crippen LogP contribution in [0.3, 0.4) is 0 Å². The van der Waals surface area contributed by atoms with Crippen LogP contribution in [-0.4, -0.2) is 34.6 Å². The summed E-state index contributed by atoms with van der Waals surface area (Å²) in [6, 6.07) is 15.2. The summed E-state index contributed by atoms with van der Waals surface area (Å²) in [5.74, 6) is 0.290. The molecule has 6 heteroatoms. The van der Waals surface area contributed by atoms with E-state index in [4.69, 9.17) is 11.6 Å². The van der Waals surface area contributed by atoms with Crippen molar-refractivity contribution >= 4 is 40.2 Å². The fourth-order valence-electron chi connectivity index (χ4n) is 3.40. The Morgan fingerprint density at radius 2 is 1.76 bits per heavy atom. The topological polar surface area (TPSA) is 53.2 Å². The third-order valence-corrected chi connectivity index (χ3v) is 5.98. The molecule has 1 N–H and O–H groups in total. The smallest absolute Gasteiger partial charge is 0.262 e. The van der Waals surface area contributed by atoms with Crippen molar-refractivity contribution in [2.75, 3.05) is 18.8 Å². The molecule has 0 radical (unpaired) electrons. The van der Waals surface area contributed by atoms with Crippen LogP contribution in [0, 0.1) is 0 Å². The minimum Gasteiger partial charge on any atom is -0.342 e. The van der Waals surface area contributed by atoms with E-state index in [0.717, 1.165) is 48.0 Å². The first-order valence-corrected chi connectivity index (χ1v) is 11.2. The van der Waals surface area contributed by atoms with Crippen LogP contribution in [0.2, 0.25) is 5.02 Å². The van der Waals surface area contributed by atoms with Gasteiger partial charge in [0.25, 0.3) is 5.56 Å². The second-order valence-electron chi connectivity index (χ2n) is 6.88. The van der Waals surface area contributed by atoms with Gasteiger partial charge < -0.3 is 9.88 Å². The number of amides is 1. The summed E-state index contributed by atoms with van der Waals surface area (Å²) in [7, 11) is 0. The van der Waals surface area contributed by atoms with E-state index in [-0.39, 0.29) is 17.2 Å². The molecule has 0 aliphatic heterocycles. The SMILES string of the molecule is CCCN(CCC)C(=O)CSc1c(-c2ccccc2)c2cc(Cl)ccc2[nH]c1=O. The van der Waals surface area contributed by atoms with Crippen LogP contribution in [-0.2, 0) is 4.79 Å². The molecule has 0 bridgehead atoms. The van der Waals surface area contributed by atoms with E-state index in [1.54, 1.807) is 6.07 Å². The van der Waals surface area contributed by atoms with Crippen molar-refractivity contribution in [3.8, 4) is 11.1 Å². The van der Waals surface area contributed by atoms with E-state index in [2.05, 4.69) is 18.8 Å². The van der Waals surface area contributed by atoms with Gasteiger partial charge >= 0.3 is 0 Å². The number of aromatic amines is 1. The number of nitrogens with zero attached hydrogens (tertiary/aromatic N) is 1. The molecule has 1 aromatic heterocycles. The summed E-state index contributed by atoms with van der Waals surface area (Å²) in [4.78, 5) is 31.0. The normalized spacial score (nSPS) is 11.0. The van der Waals surface area contributed by atoms with Crippen molar-refractivity contribution in [2.24, 2.45) is 0 Å². The molecule has 3 rings (SSSR count). The fourth-order valence-corrected chi connectivity index (χ4v) is 4.58. The number of hydrogen-bond donors (Lipinski definition) is 1. The van der Waals surface area contributed by atoms with E-state index in [0.29, 0.717) is 9.92 Å². The summed E-state index contributed by atoms with van der Waals surface area (Å²) >= 11 is 7.55. The highest BCUT2D eigenvalue weighted by Gasteiger charge is 2.18. The molecule has 0 aliphatic carbocycles. The van der Waals surface area contributed by atoms with Gasteiger partial charge in [-0.2, -0.15) is 0 Å². The van der Waals surface area contributed by atoms with Gasteiger partial charge in [-0.3, -0.25) is 9.59 Å². The average Bonchev–Trinajstić information content (AvgIpc) is 2.72. The van der Waals surface area contributed by atoms with Crippen LogP contribution in [0.1, 0.15) is 26.7 Å². The van der Waals surface area contributed by atoms with Crippen molar-refractivity contribution in [2.45, 2.75) is 31.6 Å². The molecule has 0 atom stereocenters. The van der Waals surface area contributed by atoms with Gasteiger partial charge in [0.1, 0.15) is 0 Å². The molecular formula is C23H25ClN2O2S. The molecule has 2 aromatic carbocycles. The molecule has 1 heterocycles. The zero-order valence-electron chi connectivity index (χ0n) is 16.7. The van der Waals surface area contributed by atoms with Crippen LogP contribution in [0.5, 0.6) is 0 Å². The van der Waals surface area contributed by atoms with Gasteiger partial charge in [-0.15, -0.1) is 11.8 Å².